The van der Waals surface area contributed by atoms with Crippen molar-refractivity contribution in [1.82, 2.24) is 10.3 Å². The van der Waals surface area contributed by atoms with E-state index < -0.39 is 0 Å². The maximum absolute atomic E-state index is 5.66. The summed E-state index contributed by atoms with van der Waals surface area (Å²) in [4.78, 5) is 4.00. The zero-order valence-electron chi connectivity index (χ0n) is 10.7. The van der Waals surface area contributed by atoms with Crippen molar-refractivity contribution in [3.8, 4) is 5.75 Å². The van der Waals surface area contributed by atoms with Crippen LogP contribution in [0.1, 0.15) is 12.0 Å². The fourth-order valence-corrected chi connectivity index (χ4v) is 2.05. The van der Waals surface area contributed by atoms with Crippen LogP contribution in [0.2, 0.25) is 0 Å². The second-order valence-electron chi connectivity index (χ2n) is 4.17. The monoisotopic (exact) mass is 320 g/mol. The van der Waals surface area contributed by atoms with Gasteiger partial charge in [-0.05, 0) is 40.5 Å². The molecule has 0 bridgehead atoms. The number of halogens is 1. The first-order chi connectivity index (χ1) is 9.36. The summed E-state index contributed by atoms with van der Waals surface area (Å²) < 4.78 is 6.56. The summed E-state index contributed by atoms with van der Waals surface area (Å²) in [6.07, 6.45) is 4.44. The minimum absolute atomic E-state index is 0.699. The molecular formula is C15H17BrN2O. The number of hydrogen-bond acceptors (Lipinski definition) is 3. The number of aromatic nitrogens is 1. The number of nitrogens with one attached hydrogen (secondary N) is 1. The lowest BCUT2D eigenvalue weighted by Crippen LogP contribution is -2.17. The van der Waals surface area contributed by atoms with E-state index in [0.29, 0.717) is 6.61 Å². The molecule has 0 aliphatic rings. The second-order valence-corrected chi connectivity index (χ2v) is 5.02. The first-order valence-electron chi connectivity index (χ1n) is 6.33. The van der Waals surface area contributed by atoms with Crippen molar-refractivity contribution < 1.29 is 4.74 Å². The van der Waals surface area contributed by atoms with E-state index in [1.165, 1.54) is 5.56 Å². The normalized spacial score (nSPS) is 10.4. The molecule has 1 aromatic carbocycles. The van der Waals surface area contributed by atoms with Crippen LogP contribution in [0.3, 0.4) is 0 Å². The van der Waals surface area contributed by atoms with E-state index in [-0.39, 0.29) is 0 Å². The molecule has 0 atom stereocenters. The van der Waals surface area contributed by atoms with Gasteiger partial charge in [0.2, 0.25) is 0 Å². The summed E-state index contributed by atoms with van der Waals surface area (Å²) in [7, 11) is 0. The number of pyridine rings is 1. The van der Waals surface area contributed by atoms with E-state index in [1.54, 1.807) is 12.4 Å². The van der Waals surface area contributed by atoms with Gasteiger partial charge in [0, 0.05) is 18.9 Å². The highest BCUT2D eigenvalue weighted by atomic mass is 79.9. The Hall–Kier alpha value is -1.39. The molecule has 0 radical (unpaired) electrons. The van der Waals surface area contributed by atoms with Crippen molar-refractivity contribution in [3.63, 3.8) is 0 Å². The molecular weight excluding hydrogens is 304 g/mol. The van der Waals surface area contributed by atoms with Gasteiger partial charge in [0.25, 0.3) is 0 Å². The summed E-state index contributed by atoms with van der Waals surface area (Å²) in [5, 5.41) is 3.40. The molecule has 1 heterocycles. The molecule has 0 unspecified atom stereocenters. The first kappa shape index (κ1) is 14.0. The van der Waals surface area contributed by atoms with Gasteiger partial charge in [-0.25, -0.2) is 0 Å². The molecule has 4 heteroatoms. The lowest BCUT2D eigenvalue weighted by molar-refractivity contribution is 0.306. The van der Waals surface area contributed by atoms with Crippen molar-refractivity contribution >= 4 is 15.9 Å². The van der Waals surface area contributed by atoms with Gasteiger partial charge < -0.3 is 10.1 Å². The van der Waals surface area contributed by atoms with Gasteiger partial charge in [0.05, 0.1) is 11.1 Å². The minimum Gasteiger partial charge on any atom is -0.492 e. The molecule has 0 saturated heterocycles. The average Bonchev–Trinajstić information content (AvgIpc) is 2.45. The van der Waals surface area contributed by atoms with Gasteiger partial charge in [0.15, 0.2) is 0 Å². The topological polar surface area (TPSA) is 34.1 Å². The maximum atomic E-state index is 5.66. The Labute approximate surface area is 122 Å². The molecule has 0 aliphatic heterocycles. The summed E-state index contributed by atoms with van der Waals surface area (Å²) in [5.41, 5.74) is 1.31. The Kier molecular flexibility index (Phi) is 5.85. The van der Waals surface area contributed by atoms with Crippen LogP contribution >= 0.6 is 15.9 Å². The zero-order chi connectivity index (χ0) is 13.3. The molecule has 0 spiro atoms. The Bertz CT molecular complexity index is 491. The Morgan fingerprint density at radius 1 is 1.16 bits per heavy atom. The van der Waals surface area contributed by atoms with Crippen molar-refractivity contribution in [2.45, 2.75) is 13.0 Å². The summed E-state index contributed by atoms with van der Waals surface area (Å²) in [5.74, 6) is 0.845. The SMILES string of the molecule is Brc1cnccc1OCCCNCc1ccccc1. The number of hydrogen-bond donors (Lipinski definition) is 1. The van der Waals surface area contributed by atoms with Crippen LogP contribution in [0.25, 0.3) is 0 Å². The number of benzene rings is 1. The first-order valence-corrected chi connectivity index (χ1v) is 7.12. The van der Waals surface area contributed by atoms with Crippen LogP contribution in [-0.4, -0.2) is 18.1 Å². The third kappa shape index (κ3) is 5.01. The molecule has 2 aromatic rings. The number of ether oxygens (including phenoxy) is 1. The van der Waals surface area contributed by atoms with Crippen LogP contribution in [0.4, 0.5) is 0 Å². The van der Waals surface area contributed by atoms with Gasteiger partial charge in [0.1, 0.15) is 5.75 Å². The van der Waals surface area contributed by atoms with E-state index >= 15 is 0 Å². The van der Waals surface area contributed by atoms with Crippen molar-refractivity contribution in [2.24, 2.45) is 0 Å². The van der Waals surface area contributed by atoms with Crippen molar-refractivity contribution in [2.75, 3.05) is 13.2 Å². The molecule has 0 fully saturated rings. The van der Waals surface area contributed by atoms with Crippen LogP contribution in [-0.2, 0) is 6.54 Å². The predicted octanol–water partition coefficient (Wildman–Crippen LogP) is 3.40. The van der Waals surface area contributed by atoms with Crippen LogP contribution in [0.5, 0.6) is 5.75 Å². The molecule has 100 valence electrons. The van der Waals surface area contributed by atoms with Crippen molar-refractivity contribution in [1.29, 1.82) is 0 Å². The molecule has 0 amide bonds. The second kappa shape index (κ2) is 7.92. The third-order valence-electron chi connectivity index (χ3n) is 2.66. The minimum atomic E-state index is 0.699. The van der Waals surface area contributed by atoms with Gasteiger partial charge in [-0.15, -0.1) is 0 Å². The van der Waals surface area contributed by atoms with E-state index in [2.05, 4.69) is 50.5 Å². The summed E-state index contributed by atoms with van der Waals surface area (Å²) in [6.45, 7) is 2.54. The fourth-order valence-electron chi connectivity index (χ4n) is 1.69. The maximum Gasteiger partial charge on any atom is 0.136 e. The van der Waals surface area contributed by atoms with E-state index in [9.17, 15) is 0 Å². The highest BCUT2D eigenvalue weighted by Crippen LogP contribution is 2.22. The lowest BCUT2D eigenvalue weighted by Gasteiger charge is -2.08. The van der Waals surface area contributed by atoms with Crippen LogP contribution in [0, 0.1) is 0 Å². The number of nitrogens with zero attached hydrogens (tertiary/aromatic N) is 1. The Morgan fingerprint density at radius 2 is 2.00 bits per heavy atom. The molecule has 3 nitrogen and oxygen atoms in total. The smallest absolute Gasteiger partial charge is 0.136 e. The molecule has 19 heavy (non-hydrogen) atoms. The van der Waals surface area contributed by atoms with Gasteiger partial charge in [-0.2, -0.15) is 0 Å². The highest BCUT2D eigenvalue weighted by Gasteiger charge is 1.99. The highest BCUT2D eigenvalue weighted by molar-refractivity contribution is 9.10. The Balaban J connectivity index is 1.59. The standard InChI is InChI=1S/C15H17BrN2O/c16-14-12-18-9-7-15(14)19-10-4-8-17-11-13-5-2-1-3-6-13/h1-3,5-7,9,12,17H,4,8,10-11H2. The number of rotatable bonds is 7. The van der Waals surface area contributed by atoms with Gasteiger partial charge in [-0.3, -0.25) is 4.98 Å². The average molecular weight is 321 g/mol. The quantitative estimate of drug-likeness (QED) is 0.794. The third-order valence-corrected chi connectivity index (χ3v) is 3.26. The van der Waals surface area contributed by atoms with Crippen LogP contribution < -0.4 is 10.1 Å². The molecule has 0 aliphatic carbocycles. The zero-order valence-corrected chi connectivity index (χ0v) is 12.3. The van der Waals surface area contributed by atoms with Gasteiger partial charge in [-0.1, -0.05) is 30.3 Å². The molecule has 1 aromatic heterocycles. The van der Waals surface area contributed by atoms with Crippen LogP contribution in [0.15, 0.2) is 53.3 Å². The van der Waals surface area contributed by atoms with E-state index in [0.717, 1.165) is 29.7 Å². The molecule has 1 N–H and O–H groups in total. The Morgan fingerprint density at radius 3 is 2.79 bits per heavy atom. The predicted molar refractivity (Wildman–Crippen MR) is 80.2 cm³/mol. The molecule has 2 rings (SSSR count). The molecule has 0 saturated carbocycles. The summed E-state index contributed by atoms with van der Waals surface area (Å²) in [6, 6.07) is 12.3. The van der Waals surface area contributed by atoms with Crippen molar-refractivity contribution in [3.05, 3.63) is 58.8 Å². The largest absolute Gasteiger partial charge is 0.492 e. The van der Waals surface area contributed by atoms with E-state index in [4.69, 9.17) is 4.74 Å². The summed E-state index contributed by atoms with van der Waals surface area (Å²) >= 11 is 3.41. The van der Waals surface area contributed by atoms with E-state index in [1.807, 2.05) is 12.1 Å². The van der Waals surface area contributed by atoms with Gasteiger partial charge >= 0.3 is 0 Å². The fraction of sp³-hybridized carbons (Fsp3) is 0.267. The lowest BCUT2D eigenvalue weighted by atomic mass is 10.2.